The molecule has 4 rings (SSSR count). The predicted molar refractivity (Wildman–Crippen MR) is 138 cm³/mol. The number of nitrogens with one attached hydrogen (secondary N) is 1. The number of carbonyl (C=O) groups excluding carboxylic acids is 4. The summed E-state index contributed by atoms with van der Waals surface area (Å²) in [4.78, 5) is 50.0. The van der Waals surface area contributed by atoms with E-state index in [4.69, 9.17) is 9.47 Å². The average molecular weight is 494 g/mol. The third-order valence-corrected chi connectivity index (χ3v) is 5.44. The van der Waals surface area contributed by atoms with Crippen molar-refractivity contribution in [1.82, 2.24) is 0 Å². The van der Waals surface area contributed by atoms with Crippen LogP contribution < -0.4 is 10.1 Å². The van der Waals surface area contributed by atoms with Gasteiger partial charge >= 0.3 is 11.9 Å². The Kier molecular flexibility index (Phi) is 7.85. The van der Waals surface area contributed by atoms with Crippen LogP contribution in [0.25, 0.3) is 0 Å². The smallest absolute Gasteiger partial charge is 0.343 e. The fraction of sp³-hybridized carbons (Fsp3) is 0.0667. The summed E-state index contributed by atoms with van der Waals surface area (Å²) in [6.45, 7) is 1.42. The molecule has 0 fully saturated rings. The molecule has 7 nitrogen and oxygen atoms in total. The van der Waals surface area contributed by atoms with E-state index in [2.05, 4.69) is 5.32 Å². The molecule has 4 aromatic rings. The second-order valence-electron chi connectivity index (χ2n) is 8.14. The average Bonchev–Trinajstić information content (AvgIpc) is 2.93. The molecule has 0 heterocycles. The summed E-state index contributed by atoms with van der Waals surface area (Å²) in [7, 11) is 0. The van der Waals surface area contributed by atoms with E-state index in [0.717, 1.165) is 5.56 Å². The van der Waals surface area contributed by atoms with Gasteiger partial charge in [-0.15, -0.1) is 0 Å². The van der Waals surface area contributed by atoms with Crippen LogP contribution in [0.1, 0.15) is 47.0 Å². The molecule has 4 aromatic carbocycles. The van der Waals surface area contributed by atoms with E-state index >= 15 is 0 Å². The summed E-state index contributed by atoms with van der Waals surface area (Å²) in [6.07, 6.45) is 0. The number of esters is 2. The molecule has 0 unspecified atom stereocenters. The minimum absolute atomic E-state index is 0.123. The summed E-state index contributed by atoms with van der Waals surface area (Å²) in [5, 5.41) is 2.70. The van der Waals surface area contributed by atoms with Crippen LogP contribution in [-0.2, 0) is 4.74 Å². The third kappa shape index (κ3) is 6.55. The highest BCUT2D eigenvalue weighted by Crippen LogP contribution is 2.19. The number of anilines is 1. The lowest BCUT2D eigenvalue weighted by molar-refractivity contribution is 0.0475. The molecule has 0 aliphatic rings. The number of Topliss-reactive ketones (excluding diaryl/α,β-unsaturated/α-hetero) is 1. The normalized spacial score (nSPS) is 10.3. The van der Waals surface area contributed by atoms with Crippen molar-refractivity contribution in [1.29, 1.82) is 0 Å². The summed E-state index contributed by atoms with van der Waals surface area (Å²) in [5.41, 5.74) is 2.56. The van der Waals surface area contributed by atoms with Crippen molar-refractivity contribution in [3.05, 3.63) is 131 Å². The van der Waals surface area contributed by atoms with E-state index in [9.17, 15) is 19.2 Å². The zero-order valence-electron chi connectivity index (χ0n) is 20.0. The highest BCUT2D eigenvalue weighted by atomic mass is 16.5. The predicted octanol–water partition coefficient (Wildman–Crippen LogP) is 5.51. The van der Waals surface area contributed by atoms with Crippen molar-refractivity contribution < 1.29 is 28.7 Å². The van der Waals surface area contributed by atoms with Crippen molar-refractivity contribution in [3.8, 4) is 5.75 Å². The van der Waals surface area contributed by atoms with Gasteiger partial charge in [-0.05, 0) is 67.6 Å². The lowest BCUT2D eigenvalue weighted by Gasteiger charge is -2.11. The van der Waals surface area contributed by atoms with Gasteiger partial charge in [0.15, 0.2) is 12.4 Å². The molecule has 7 heteroatoms. The Morgan fingerprint density at radius 3 is 1.97 bits per heavy atom. The number of ether oxygens (including phenoxy) is 2. The van der Waals surface area contributed by atoms with E-state index in [-0.39, 0.29) is 28.5 Å². The second-order valence-corrected chi connectivity index (χ2v) is 8.14. The number of amides is 1. The van der Waals surface area contributed by atoms with E-state index in [1.54, 1.807) is 60.7 Å². The molecule has 1 N–H and O–H groups in total. The number of aryl methyl sites for hydroxylation is 1. The van der Waals surface area contributed by atoms with Crippen LogP contribution in [0, 0.1) is 6.92 Å². The van der Waals surface area contributed by atoms with E-state index in [1.165, 1.54) is 30.3 Å². The maximum absolute atomic E-state index is 12.7. The van der Waals surface area contributed by atoms with Crippen LogP contribution in [0.3, 0.4) is 0 Å². The van der Waals surface area contributed by atoms with Crippen molar-refractivity contribution in [2.75, 3.05) is 11.9 Å². The molecule has 1 amide bonds. The summed E-state index contributed by atoms with van der Waals surface area (Å²) < 4.78 is 10.5. The quantitative estimate of drug-likeness (QED) is 0.198. The van der Waals surface area contributed by atoms with Crippen LogP contribution in [0.2, 0.25) is 0 Å². The van der Waals surface area contributed by atoms with Crippen LogP contribution >= 0.6 is 0 Å². The first-order chi connectivity index (χ1) is 17.9. The molecular formula is C30H23NO6. The Balaban J connectivity index is 1.34. The largest absolute Gasteiger partial charge is 0.454 e. The molecule has 0 saturated carbocycles. The number of ketones is 1. The zero-order valence-corrected chi connectivity index (χ0v) is 20.0. The fourth-order valence-electron chi connectivity index (χ4n) is 3.41. The van der Waals surface area contributed by atoms with Crippen molar-refractivity contribution in [2.24, 2.45) is 0 Å². The molecule has 0 bridgehead atoms. The molecule has 0 saturated heterocycles. The first-order valence-electron chi connectivity index (χ1n) is 11.5. The number of benzene rings is 4. The van der Waals surface area contributed by atoms with Gasteiger partial charge < -0.3 is 14.8 Å². The van der Waals surface area contributed by atoms with Gasteiger partial charge in [0.2, 0.25) is 0 Å². The Morgan fingerprint density at radius 2 is 1.27 bits per heavy atom. The number of para-hydroxylation sites is 1. The number of carbonyl (C=O) groups is 4. The van der Waals surface area contributed by atoms with Gasteiger partial charge in [-0.25, -0.2) is 9.59 Å². The maximum Gasteiger partial charge on any atom is 0.343 e. The fourth-order valence-corrected chi connectivity index (χ4v) is 3.41. The molecule has 0 spiro atoms. The minimum atomic E-state index is -0.749. The summed E-state index contributed by atoms with van der Waals surface area (Å²) in [5.74, 6) is -1.79. The Bertz CT molecular complexity index is 1430. The number of hydrogen-bond donors (Lipinski definition) is 1. The second kappa shape index (κ2) is 11.6. The number of hydrogen-bond acceptors (Lipinski definition) is 6. The van der Waals surface area contributed by atoms with Gasteiger partial charge in [0.05, 0.1) is 16.8 Å². The van der Waals surface area contributed by atoms with Crippen LogP contribution in [-0.4, -0.2) is 30.2 Å². The highest BCUT2D eigenvalue weighted by molar-refractivity contribution is 6.08. The lowest BCUT2D eigenvalue weighted by Crippen LogP contribution is -2.18. The zero-order chi connectivity index (χ0) is 26.2. The van der Waals surface area contributed by atoms with Gasteiger partial charge in [-0.2, -0.15) is 0 Å². The Labute approximate surface area is 213 Å². The van der Waals surface area contributed by atoms with Crippen molar-refractivity contribution >= 4 is 29.3 Å². The number of rotatable bonds is 8. The molecule has 184 valence electrons. The van der Waals surface area contributed by atoms with Crippen molar-refractivity contribution in [3.63, 3.8) is 0 Å². The molecular weight excluding hydrogens is 470 g/mol. The molecule has 0 radical (unpaired) electrons. The van der Waals surface area contributed by atoms with Gasteiger partial charge in [0.1, 0.15) is 5.75 Å². The maximum atomic E-state index is 12.7. The molecule has 0 aliphatic heterocycles. The lowest BCUT2D eigenvalue weighted by atomic mass is 10.1. The highest BCUT2D eigenvalue weighted by Gasteiger charge is 2.17. The Hall–Kier alpha value is -5.04. The molecule has 0 atom stereocenters. The minimum Gasteiger partial charge on any atom is -0.454 e. The van der Waals surface area contributed by atoms with Gasteiger partial charge in [0.25, 0.3) is 5.91 Å². The topological polar surface area (TPSA) is 98.8 Å². The van der Waals surface area contributed by atoms with Crippen LogP contribution in [0.15, 0.2) is 103 Å². The van der Waals surface area contributed by atoms with Crippen LogP contribution in [0.5, 0.6) is 5.75 Å². The van der Waals surface area contributed by atoms with E-state index < -0.39 is 24.3 Å². The third-order valence-electron chi connectivity index (χ3n) is 5.44. The molecule has 37 heavy (non-hydrogen) atoms. The summed E-state index contributed by atoms with van der Waals surface area (Å²) >= 11 is 0. The SMILES string of the molecule is Cc1ccc(C(=O)Oc2ccc(C(=O)COC(=O)c3ccccc3NC(=O)c3ccccc3)cc2)cc1. The van der Waals surface area contributed by atoms with Gasteiger partial charge in [-0.1, -0.05) is 48.0 Å². The monoisotopic (exact) mass is 493 g/mol. The summed E-state index contributed by atoms with van der Waals surface area (Å²) in [6, 6.07) is 27.9. The standard InChI is InChI=1S/C30H23NO6/c1-20-11-13-23(14-12-20)29(34)37-24-17-15-21(16-18-24)27(32)19-36-30(35)25-9-5-6-10-26(25)31-28(33)22-7-3-2-4-8-22/h2-18H,19H2,1H3,(H,31,33). The first-order valence-corrected chi connectivity index (χ1v) is 11.5. The van der Waals surface area contributed by atoms with Gasteiger partial charge in [0, 0.05) is 11.1 Å². The molecule has 0 aromatic heterocycles. The van der Waals surface area contributed by atoms with Gasteiger partial charge in [-0.3, -0.25) is 9.59 Å². The Morgan fingerprint density at radius 1 is 0.649 bits per heavy atom. The van der Waals surface area contributed by atoms with E-state index in [0.29, 0.717) is 11.1 Å². The molecule has 0 aliphatic carbocycles. The van der Waals surface area contributed by atoms with E-state index in [1.807, 2.05) is 19.1 Å². The first kappa shape index (κ1) is 25.1. The van der Waals surface area contributed by atoms with Crippen molar-refractivity contribution in [2.45, 2.75) is 6.92 Å². The van der Waals surface area contributed by atoms with Crippen LogP contribution in [0.4, 0.5) is 5.69 Å².